The van der Waals surface area contributed by atoms with E-state index in [1.165, 1.54) is 6.07 Å². The van der Waals surface area contributed by atoms with Crippen molar-refractivity contribution in [3.05, 3.63) is 48.3 Å². The van der Waals surface area contributed by atoms with Crippen LogP contribution >= 0.6 is 0 Å². The fourth-order valence-electron chi connectivity index (χ4n) is 1.49. The Hall–Kier alpha value is -2.03. The normalized spacial score (nSPS) is 10.2. The summed E-state index contributed by atoms with van der Waals surface area (Å²) in [5.74, 6) is -0.296. The molecule has 0 aromatic heterocycles. The minimum Gasteiger partial charge on any atom is -0.399 e. The molecule has 0 radical (unpaired) electrons. The second kappa shape index (κ2) is 3.61. The van der Waals surface area contributed by atoms with Crippen molar-refractivity contribution in [1.29, 1.82) is 0 Å². The summed E-state index contributed by atoms with van der Waals surface area (Å²) in [6.07, 6.45) is 0. The lowest BCUT2D eigenvalue weighted by molar-refractivity contribution is 0.631. The van der Waals surface area contributed by atoms with Gasteiger partial charge in [0.05, 0.1) is 0 Å². The van der Waals surface area contributed by atoms with E-state index in [0.717, 1.165) is 0 Å². The maximum Gasteiger partial charge on any atom is 0.131 e. The lowest BCUT2D eigenvalue weighted by Crippen LogP contribution is -1.94. The van der Waals surface area contributed by atoms with Gasteiger partial charge in [-0.25, -0.2) is 4.39 Å². The Balaban J connectivity index is 2.64. The van der Waals surface area contributed by atoms with Gasteiger partial charge in [0, 0.05) is 22.5 Å². The molecule has 2 aromatic rings. The van der Waals surface area contributed by atoms with Crippen LogP contribution < -0.4 is 11.5 Å². The van der Waals surface area contributed by atoms with Gasteiger partial charge in [-0.2, -0.15) is 0 Å². The van der Waals surface area contributed by atoms with Gasteiger partial charge in [-0.1, -0.05) is 18.2 Å². The van der Waals surface area contributed by atoms with Gasteiger partial charge in [0.25, 0.3) is 0 Å². The molecule has 2 aromatic carbocycles. The fraction of sp³-hybridized carbons (Fsp3) is 0. The first-order chi connectivity index (χ1) is 7.18. The van der Waals surface area contributed by atoms with Gasteiger partial charge in [0.15, 0.2) is 0 Å². The van der Waals surface area contributed by atoms with Crippen LogP contribution in [0, 0.1) is 5.82 Å². The van der Waals surface area contributed by atoms with E-state index in [9.17, 15) is 4.39 Å². The molecule has 2 nitrogen and oxygen atoms in total. The van der Waals surface area contributed by atoms with Crippen LogP contribution in [0.3, 0.4) is 0 Å². The monoisotopic (exact) mass is 202 g/mol. The summed E-state index contributed by atoms with van der Waals surface area (Å²) < 4.78 is 13.5. The van der Waals surface area contributed by atoms with Crippen LogP contribution in [-0.4, -0.2) is 0 Å². The van der Waals surface area contributed by atoms with E-state index in [1.807, 2.05) is 0 Å². The summed E-state index contributed by atoms with van der Waals surface area (Å²) in [7, 11) is 0. The second-order valence-electron chi connectivity index (χ2n) is 3.33. The lowest BCUT2D eigenvalue weighted by Gasteiger charge is -2.07. The third-order valence-corrected chi connectivity index (χ3v) is 2.24. The summed E-state index contributed by atoms with van der Waals surface area (Å²) in [5.41, 5.74) is 13.6. The van der Waals surface area contributed by atoms with E-state index in [2.05, 4.69) is 0 Å². The van der Waals surface area contributed by atoms with Gasteiger partial charge in [-0.05, 0) is 24.3 Å². The smallest absolute Gasteiger partial charge is 0.131 e. The Morgan fingerprint density at radius 3 is 2.33 bits per heavy atom. The third-order valence-electron chi connectivity index (χ3n) is 2.24. The molecule has 0 heterocycles. The molecule has 0 amide bonds. The molecule has 0 fully saturated rings. The van der Waals surface area contributed by atoms with Crippen molar-refractivity contribution in [3.63, 3.8) is 0 Å². The zero-order valence-electron chi connectivity index (χ0n) is 8.07. The topological polar surface area (TPSA) is 52.0 Å². The van der Waals surface area contributed by atoms with Crippen molar-refractivity contribution in [2.24, 2.45) is 0 Å². The Bertz CT molecular complexity index is 495. The van der Waals surface area contributed by atoms with Crippen molar-refractivity contribution in [1.82, 2.24) is 0 Å². The van der Waals surface area contributed by atoms with Crippen molar-refractivity contribution < 1.29 is 4.39 Å². The average Bonchev–Trinajstić information content (AvgIpc) is 2.23. The standard InChI is InChI=1S/C12H11FN2/c13-11-4-2-1-3-9(11)10-7-8(14)5-6-12(10)15/h1-7H,14-15H2. The van der Waals surface area contributed by atoms with Gasteiger partial charge in [0.1, 0.15) is 5.82 Å². The van der Waals surface area contributed by atoms with Gasteiger partial charge in [-0.3, -0.25) is 0 Å². The van der Waals surface area contributed by atoms with Crippen molar-refractivity contribution in [2.45, 2.75) is 0 Å². The van der Waals surface area contributed by atoms with Crippen molar-refractivity contribution in [3.8, 4) is 11.1 Å². The van der Waals surface area contributed by atoms with Crippen LogP contribution in [0.1, 0.15) is 0 Å². The van der Waals surface area contributed by atoms with Gasteiger partial charge < -0.3 is 11.5 Å². The van der Waals surface area contributed by atoms with E-state index in [4.69, 9.17) is 11.5 Å². The molecule has 0 aliphatic rings. The number of halogens is 1. The highest BCUT2D eigenvalue weighted by molar-refractivity contribution is 5.79. The molecular weight excluding hydrogens is 191 g/mol. The molecule has 4 N–H and O–H groups in total. The molecule has 0 atom stereocenters. The number of hydrogen-bond donors (Lipinski definition) is 2. The molecule has 15 heavy (non-hydrogen) atoms. The van der Waals surface area contributed by atoms with E-state index in [1.54, 1.807) is 36.4 Å². The van der Waals surface area contributed by atoms with Crippen LogP contribution in [0.25, 0.3) is 11.1 Å². The Labute approximate surface area is 87.3 Å². The van der Waals surface area contributed by atoms with Crippen LogP contribution in [-0.2, 0) is 0 Å². The maximum absolute atomic E-state index is 13.5. The van der Waals surface area contributed by atoms with Crippen LogP contribution in [0.15, 0.2) is 42.5 Å². The number of rotatable bonds is 1. The Morgan fingerprint density at radius 1 is 0.867 bits per heavy atom. The Morgan fingerprint density at radius 2 is 1.60 bits per heavy atom. The first-order valence-electron chi connectivity index (χ1n) is 4.58. The van der Waals surface area contributed by atoms with Crippen LogP contribution in [0.4, 0.5) is 15.8 Å². The summed E-state index contributed by atoms with van der Waals surface area (Å²) in [6.45, 7) is 0. The molecule has 0 spiro atoms. The Kier molecular flexibility index (Phi) is 2.29. The predicted molar refractivity (Wildman–Crippen MR) is 60.7 cm³/mol. The van der Waals surface area contributed by atoms with Crippen molar-refractivity contribution in [2.75, 3.05) is 11.5 Å². The fourth-order valence-corrected chi connectivity index (χ4v) is 1.49. The minimum atomic E-state index is -0.296. The average molecular weight is 202 g/mol. The molecule has 76 valence electrons. The molecule has 0 saturated carbocycles. The molecule has 0 saturated heterocycles. The minimum absolute atomic E-state index is 0.296. The molecule has 0 aliphatic heterocycles. The highest BCUT2D eigenvalue weighted by Crippen LogP contribution is 2.29. The molecular formula is C12H11FN2. The molecule has 0 bridgehead atoms. The summed E-state index contributed by atoms with van der Waals surface area (Å²) in [6, 6.07) is 11.5. The first-order valence-corrected chi connectivity index (χ1v) is 4.58. The maximum atomic E-state index is 13.5. The highest BCUT2D eigenvalue weighted by Gasteiger charge is 2.07. The highest BCUT2D eigenvalue weighted by atomic mass is 19.1. The molecule has 2 rings (SSSR count). The van der Waals surface area contributed by atoms with E-state index in [-0.39, 0.29) is 5.82 Å². The van der Waals surface area contributed by atoms with Gasteiger partial charge in [-0.15, -0.1) is 0 Å². The zero-order chi connectivity index (χ0) is 10.8. The van der Waals surface area contributed by atoms with Crippen LogP contribution in [0.2, 0.25) is 0 Å². The van der Waals surface area contributed by atoms with E-state index in [0.29, 0.717) is 22.5 Å². The number of nitrogens with two attached hydrogens (primary N) is 2. The van der Waals surface area contributed by atoms with E-state index >= 15 is 0 Å². The van der Waals surface area contributed by atoms with E-state index < -0.39 is 0 Å². The third kappa shape index (κ3) is 1.76. The molecule has 0 aliphatic carbocycles. The number of nitrogen functional groups attached to an aromatic ring is 2. The summed E-state index contributed by atoms with van der Waals surface area (Å²) in [5, 5.41) is 0. The largest absolute Gasteiger partial charge is 0.399 e. The van der Waals surface area contributed by atoms with Gasteiger partial charge >= 0.3 is 0 Å². The lowest BCUT2D eigenvalue weighted by atomic mass is 10.0. The van der Waals surface area contributed by atoms with Gasteiger partial charge in [0.2, 0.25) is 0 Å². The number of anilines is 2. The quantitative estimate of drug-likeness (QED) is 0.698. The van der Waals surface area contributed by atoms with Crippen LogP contribution in [0.5, 0.6) is 0 Å². The predicted octanol–water partition coefficient (Wildman–Crippen LogP) is 2.66. The second-order valence-corrected chi connectivity index (χ2v) is 3.33. The molecule has 0 unspecified atom stereocenters. The number of benzene rings is 2. The SMILES string of the molecule is Nc1ccc(N)c(-c2ccccc2F)c1. The first kappa shape index (κ1) is 9.52. The van der Waals surface area contributed by atoms with Crippen molar-refractivity contribution >= 4 is 11.4 Å². The zero-order valence-corrected chi connectivity index (χ0v) is 8.07. The summed E-state index contributed by atoms with van der Waals surface area (Å²) in [4.78, 5) is 0. The number of hydrogen-bond acceptors (Lipinski definition) is 2. The summed E-state index contributed by atoms with van der Waals surface area (Å²) >= 11 is 0. The molecule has 3 heteroatoms.